The molecule has 0 saturated carbocycles. The second kappa shape index (κ2) is 13.5. The molecule has 0 fully saturated rings. The van der Waals surface area contributed by atoms with Crippen LogP contribution in [0.5, 0.6) is 0 Å². The average molecular weight is 486 g/mol. The molecule has 3 N–H and O–H groups in total. The predicted molar refractivity (Wildman–Crippen MR) is 120 cm³/mol. The number of nitrogens with one attached hydrogen (secondary N) is 3. The van der Waals surface area contributed by atoms with E-state index < -0.39 is 0 Å². The zero-order chi connectivity index (χ0) is 18.6. The number of rotatable bonds is 10. The molecule has 7 nitrogen and oxygen atoms in total. The summed E-state index contributed by atoms with van der Waals surface area (Å²) in [5.74, 6) is 2.24. The summed E-state index contributed by atoms with van der Waals surface area (Å²) >= 11 is 0. The Hall–Kier alpha value is -1.68. The molecule has 1 heterocycles. The smallest absolute Gasteiger partial charge is 0.191 e. The van der Waals surface area contributed by atoms with Crippen molar-refractivity contribution in [3.8, 4) is 11.4 Å². The fourth-order valence-electron chi connectivity index (χ4n) is 2.34. The highest BCUT2D eigenvalue weighted by Crippen LogP contribution is 2.15. The van der Waals surface area contributed by atoms with E-state index in [1.165, 1.54) is 6.33 Å². The molecule has 2 aromatic rings. The summed E-state index contributed by atoms with van der Waals surface area (Å²) in [6.07, 6.45) is 2.60. The van der Waals surface area contributed by atoms with Gasteiger partial charge in [0.25, 0.3) is 0 Å². The van der Waals surface area contributed by atoms with Gasteiger partial charge in [0.2, 0.25) is 0 Å². The van der Waals surface area contributed by atoms with Crippen molar-refractivity contribution in [1.82, 2.24) is 25.8 Å². The molecule has 150 valence electrons. The number of benzene rings is 1. The summed E-state index contributed by atoms with van der Waals surface area (Å²) in [6.45, 7) is 10.1. The van der Waals surface area contributed by atoms with E-state index in [4.69, 9.17) is 4.74 Å². The molecule has 0 saturated heterocycles. The second-order valence-electron chi connectivity index (χ2n) is 6.45. The fourth-order valence-corrected chi connectivity index (χ4v) is 2.34. The maximum absolute atomic E-state index is 5.63. The summed E-state index contributed by atoms with van der Waals surface area (Å²) in [5, 5.41) is 13.3. The van der Waals surface area contributed by atoms with E-state index in [-0.39, 0.29) is 24.0 Å². The lowest BCUT2D eigenvalue weighted by Gasteiger charge is -2.12. The van der Waals surface area contributed by atoms with Crippen molar-refractivity contribution in [3.05, 3.63) is 36.2 Å². The first kappa shape index (κ1) is 23.4. The topological polar surface area (TPSA) is 87.2 Å². The number of halogens is 1. The predicted octanol–water partition coefficient (Wildman–Crippen LogP) is 3.21. The number of guanidine groups is 1. The largest absolute Gasteiger partial charge is 0.380 e. The third kappa shape index (κ3) is 9.18. The monoisotopic (exact) mass is 486 g/mol. The zero-order valence-electron chi connectivity index (χ0n) is 16.4. The standard InChI is InChI=1S/C19H30N6O.HI/c1-4-20-19(21-9-11-26-10-8-15(2)3)22-13-16-6-5-7-17(12-16)18-23-14-24-25-18;/h5-7,12,14-15H,4,8-11,13H2,1-3H3,(H2,20,21,22)(H,23,24,25);1H. The summed E-state index contributed by atoms with van der Waals surface area (Å²) < 4.78 is 5.63. The summed E-state index contributed by atoms with van der Waals surface area (Å²) in [5.41, 5.74) is 2.12. The molecule has 27 heavy (non-hydrogen) atoms. The molecule has 0 amide bonds. The highest BCUT2D eigenvalue weighted by molar-refractivity contribution is 14.0. The SMILES string of the molecule is CCNC(=NCc1cccc(-c2ncn[nH]2)c1)NCCOCCC(C)C.I. The van der Waals surface area contributed by atoms with E-state index in [1.54, 1.807) is 0 Å². The Morgan fingerprint density at radius 2 is 2.11 bits per heavy atom. The first-order chi connectivity index (χ1) is 12.7. The third-order valence-corrected chi connectivity index (χ3v) is 3.76. The molecule has 0 spiro atoms. The van der Waals surface area contributed by atoms with Crippen LogP contribution in [0.2, 0.25) is 0 Å². The van der Waals surface area contributed by atoms with Crippen molar-refractivity contribution in [2.45, 2.75) is 33.7 Å². The summed E-state index contributed by atoms with van der Waals surface area (Å²) in [6, 6.07) is 8.14. The normalized spacial score (nSPS) is 11.3. The van der Waals surface area contributed by atoms with E-state index in [0.29, 0.717) is 19.1 Å². The summed E-state index contributed by atoms with van der Waals surface area (Å²) in [4.78, 5) is 8.83. The lowest BCUT2D eigenvalue weighted by molar-refractivity contribution is 0.128. The Bertz CT molecular complexity index is 660. The van der Waals surface area contributed by atoms with Gasteiger partial charge in [-0.2, -0.15) is 5.10 Å². The molecule has 1 aromatic heterocycles. The number of H-pyrrole nitrogens is 1. The number of hydrogen-bond acceptors (Lipinski definition) is 4. The van der Waals surface area contributed by atoms with Gasteiger partial charge in [0, 0.05) is 25.3 Å². The number of hydrogen-bond donors (Lipinski definition) is 3. The molecule has 0 aliphatic heterocycles. The zero-order valence-corrected chi connectivity index (χ0v) is 18.7. The van der Waals surface area contributed by atoms with Gasteiger partial charge >= 0.3 is 0 Å². The number of aromatic amines is 1. The second-order valence-corrected chi connectivity index (χ2v) is 6.45. The van der Waals surface area contributed by atoms with Crippen LogP contribution in [-0.4, -0.2) is 47.4 Å². The van der Waals surface area contributed by atoms with Gasteiger partial charge in [-0.25, -0.2) is 9.98 Å². The van der Waals surface area contributed by atoms with Gasteiger partial charge < -0.3 is 15.4 Å². The lowest BCUT2D eigenvalue weighted by Crippen LogP contribution is -2.39. The number of aliphatic imine (C=N–C) groups is 1. The molecule has 0 aliphatic carbocycles. The molecule has 8 heteroatoms. The van der Waals surface area contributed by atoms with Crippen LogP contribution in [-0.2, 0) is 11.3 Å². The van der Waals surface area contributed by atoms with Crippen LogP contribution in [0.25, 0.3) is 11.4 Å². The van der Waals surface area contributed by atoms with Crippen molar-refractivity contribution in [2.75, 3.05) is 26.3 Å². The molecule has 0 unspecified atom stereocenters. The highest BCUT2D eigenvalue weighted by Gasteiger charge is 2.02. The molecule has 2 rings (SSSR count). The van der Waals surface area contributed by atoms with Crippen LogP contribution in [0.3, 0.4) is 0 Å². The van der Waals surface area contributed by atoms with Gasteiger partial charge in [-0.05, 0) is 30.9 Å². The molecular formula is C19H31IN6O. The van der Waals surface area contributed by atoms with E-state index in [2.05, 4.69) is 63.7 Å². The van der Waals surface area contributed by atoms with Crippen molar-refractivity contribution in [3.63, 3.8) is 0 Å². The Labute approximate surface area is 178 Å². The van der Waals surface area contributed by atoms with E-state index >= 15 is 0 Å². The quantitative estimate of drug-likeness (QED) is 0.208. The Balaban J connectivity index is 0.00000364. The van der Waals surface area contributed by atoms with Gasteiger partial charge in [0.15, 0.2) is 11.8 Å². The molecular weight excluding hydrogens is 455 g/mol. The Kier molecular flexibility index (Phi) is 11.7. The molecule has 1 aromatic carbocycles. The van der Waals surface area contributed by atoms with Crippen LogP contribution in [0.4, 0.5) is 0 Å². The average Bonchev–Trinajstić information content (AvgIpc) is 3.17. The minimum absolute atomic E-state index is 0. The van der Waals surface area contributed by atoms with Gasteiger partial charge in [0.05, 0.1) is 13.2 Å². The molecule has 0 atom stereocenters. The fraction of sp³-hybridized carbons (Fsp3) is 0.526. The number of nitrogens with zero attached hydrogens (tertiary/aromatic N) is 3. The molecule has 0 bridgehead atoms. The van der Waals surface area contributed by atoms with Crippen molar-refractivity contribution in [1.29, 1.82) is 0 Å². The van der Waals surface area contributed by atoms with Crippen molar-refractivity contribution >= 4 is 29.9 Å². The van der Waals surface area contributed by atoms with Crippen LogP contribution < -0.4 is 10.6 Å². The van der Waals surface area contributed by atoms with E-state index in [9.17, 15) is 0 Å². The molecule has 0 radical (unpaired) electrons. The summed E-state index contributed by atoms with van der Waals surface area (Å²) in [7, 11) is 0. The van der Waals surface area contributed by atoms with Gasteiger partial charge in [-0.3, -0.25) is 5.10 Å². The minimum atomic E-state index is 0. The van der Waals surface area contributed by atoms with E-state index in [1.807, 2.05) is 12.1 Å². The first-order valence-corrected chi connectivity index (χ1v) is 9.23. The van der Waals surface area contributed by atoms with Gasteiger partial charge in [0.1, 0.15) is 6.33 Å². The number of aromatic nitrogens is 3. The van der Waals surface area contributed by atoms with Crippen molar-refractivity contribution < 1.29 is 4.74 Å². The maximum atomic E-state index is 5.63. The van der Waals surface area contributed by atoms with Crippen molar-refractivity contribution in [2.24, 2.45) is 10.9 Å². The maximum Gasteiger partial charge on any atom is 0.191 e. The van der Waals surface area contributed by atoms with Gasteiger partial charge in [-0.1, -0.05) is 32.0 Å². The Morgan fingerprint density at radius 1 is 1.26 bits per heavy atom. The highest BCUT2D eigenvalue weighted by atomic mass is 127. The van der Waals surface area contributed by atoms with Crippen LogP contribution in [0.1, 0.15) is 32.8 Å². The third-order valence-electron chi connectivity index (χ3n) is 3.76. The molecule has 0 aliphatic rings. The first-order valence-electron chi connectivity index (χ1n) is 9.23. The van der Waals surface area contributed by atoms with E-state index in [0.717, 1.165) is 49.0 Å². The Morgan fingerprint density at radius 3 is 2.81 bits per heavy atom. The minimum Gasteiger partial charge on any atom is -0.380 e. The number of ether oxygens (including phenoxy) is 1. The lowest BCUT2D eigenvalue weighted by atomic mass is 10.1. The van der Waals surface area contributed by atoms with Gasteiger partial charge in [-0.15, -0.1) is 24.0 Å². The van der Waals surface area contributed by atoms with Crippen LogP contribution in [0, 0.1) is 5.92 Å². The van der Waals surface area contributed by atoms with Crippen LogP contribution in [0.15, 0.2) is 35.6 Å². The van der Waals surface area contributed by atoms with Crippen LogP contribution >= 0.6 is 24.0 Å².